The second kappa shape index (κ2) is 5.16. The van der Waals surface area contributed by atoms with Crippen molar-refractivity contribution in [2.75, 3.05) is 13.1 Å². The fourth-order valence-electron chi connectivity index (χ4n) is 2.15. The van der Waals surface area contributed by atoms with Crippen LogP contribution in [0.5, 0.6) is 0 Å². The summed E-state index contributed by atoms with van der Waals surface area (Å²) in [6.07, 6.45) is 2.46. The first-order valence-corrected chi connectivity index (χ1v) is 5.99. The lowest BCUT2D eigenvalue weighted by atomic mass is 10.1. The lowest BCUT2D eigenvalue weighted by Gasteiger charge is -2.16. The minimum atomic E-state index is -0.820. The summed E-state index contributed by atoms with van der Waals surface area (Å²) in [5, 5.41) is 8.90. The van der Waals surface area contributed by atoms with Crippen molar-refractivity contribution >= 4 is 11.9 Å². The van der Waals surface area contributed by atoms with Crippen LogP contribution in [-0.2, 0) is 16.0 Å². The number of hydrogen-bond acceptors (Lipinski definition) is 3. The molecule has 1 aromatic rings. The Labute approximate surface area is 105 Å². The molecule has 1 aliphatic heterocycles. The Morgan fingerprint density at radius 2 is 2.33 bits per heavy atom. The van der Waals surface area contributed by atoms with Gasteiger partial charge in [-0.25, -0.2) is 0 Å². The largest absolute Gasteiger partial charge is 0.481 e. The summed E-state index contributed by atoms with van der Waals surface area (Å²) < 4.78 is 0. The number of likely N-dealkylation sites (tertiary alicyclic amines) is 1. The Morgan fingerprint density at radius 3 is 2.94 bits per heavy atom. The number of carboxylic acid groups (broad SMARTS) is 1. The summed E-state index contributed by atoms with van der Waals surface area (Å²) in [6.45, 7) is 2.77. The maximum atomic E-state index is 12.0. The number of aromatic nitrogens is 1. The average Bonchev–Trinajstić information content (AvgIpc) is 2.81. The first kappa shape index (κ1) is 12.5. The highest BCUT2D eigenvalue weighted by Crippen LogP contribution is 2.17. The molecule has 2 heterocycles. The zero-order valence-corrected chi connectivity index (χ0v) is 10.3. The Balaban J connectivity index is 1.98. The van der Waals surface area contributed by atoms with E-state index in [2.05, 4.69) is 4.98 Å². The van der Waals surface area contributed by atoms with E-state index in [0.717, 1.165) is 11.3 Å². The number of nitrogens with zero attached hydrogens (tertiary/aromatic N) is 2. The number of pyridine rings is 1. The lowest BCUT2D eigenvalue weighted by molar-refractivity contribution is -0.141. The first-order chi connectivity index (χ1) is 8.58. The summed E-state index contributed by atoms with van der Waals surface area (Å²) in [6, 6.07) is 3.75. The molecule has 0 aromatic carbocycles. The van der Waals surface area contributed by atoms with Gasteiger partial charge in [-0.1, -0.05) is 6.07 Å². The maximum absolute atomic E-state index is 12.0. The van der Waals surface area contributed by atoms with Gasteiger partial charge >= 0.3 is 5.97 Å². The number of aliphatic carboxylic acids is 1. The third-order valence-electron chi connectivity index (χ3n) is 3.33. The van der Waals surface area contributed by atoms with Gasteiger partial charge < -0.3 is 10.0 Å². The van der Waals surface area contributed by atoms with Gasteiger partial charge in [-0.05, 0) is 25.0 Å². The van der Waals surface area contributed by atoms with E-state index >= 15 is 0 Å². The fourth-order valence-corrected chi connectivity index (χ4v) is 2.15. The van der Waals surface area contributed by atoms with Gasteiger partial charge in [0.1, 0.15) is 0 Å². The molecule has 1 N–H and O–H groups in total. The van der Waals surface area contributed by atoms with Gasteiger partial charge in [-0.2, -0.15) is 0 Å². The topological polar surface area (TPSA) is 70.5 Å². The molecule has 96 valence electrons. The molecule has 2 rings (SSSR count). The summed E-state index contributed by atoms with van der Waals surface area (Å²) in [7, 11) is 0. The predicted octanol–water partition coefficient (Wildman–Crippen LogP) is 0.866. The van der Waals surface area contributed by atoms with Crippen molar-refractivity contribution in [3.8, 4) is 0 Å². The number of rotatable bonds is 3. The van der Waals surface area contributed by atoms with Crippen LogP contribution in [0.4, 0.5) is 0 Å². The molecule has 1 atom stereocenters. The molecule has 5 nitrogen and oxygen atoms in total. The van der Waals surface area contributed by atoms with Crippen molar-refractivity contribution in [2.45, 2.75) is 19.8 Å². The maximum Gasteiger partial charge on any atom is 0.308 e. The third-order valence-corrected chi connectivity index (χ3v) is 3.33. The Hall–Kier alpha value is -1.91. The van der Waals surface area contributed by atoms with E-state index in [1.54, 1.807) is 11.1 Å². The van der Waals surface area contributed by atoms with Gasteiger partial charge in [0.05, 0.1) is 18.0 Å². The molecule has 0 saturated carbocycles. The van der Waals surface area contributed by atoms with Gasteiger partial charge in [-0.15, -0.1) is 0 Å². The predicted molar refractivity (Wildman–Crippen MR) is 65.0 cm³/mol. The van der Waals surface area contributed by atoms with Crippen LogP contribution < -0.4 is 0 Å². The van der Waals surface area contributed by atoms with E-state index < -0.39 is 11.9 Å². The lowest BCUT2D eigenvalue weighted by Crippen LogP contribution is -2.31. The number of carbonyl (C=O) groups excluding carboxylic acids is 1. The van der Waals surface area contributed by atoms with Crippen LogP contribution >= 0.6 is 0 Å². The Bertz CT molecular complexity index is 473. The van der Waals surface area contributed by atoms with Crippen LogP contribution in [0.1, 0.15) is 17.7 Å². The number of carbonyl (C=O) groups is 2. The van der Waals surface area contributed by atoms with Crippen LogP contribution in [0.25, 0.3) is 0 Å². The summed E-state index contributed by atoms with van der Waals surface area (Å²) >= 11 is 0. The van der Waals surface area contributed by atoms with Crippen LogP contribution in [0, 0.1) is 12.8 Å². The van der Waals surface area contributed by atoms with Crippen LogP contribution in [-0.4, -0.2) is 40.0 Å². The van der Waals surface area contributed by atoms with Crippen molar-refractivity contribution in [2.24, 2.45) is 5.92 Å². The normalized spacial score (nSPS) is 18.9. The highest BCUT2D eigenvalue weighted by Gasteiger charge is 2.30. The van der Waals surface area contributed by atoms with Crippen molar-refractivity contribution in [1.29, 1.82) is 0 Å². The van der Waals surface area contributed by atoms with Crippen molar-refractivity contribution in [1.82, 2.24) is 9.88 Å². The first-order valence-electron chi connectivity index (χ1n) is 5.99. The molecule has 1 aromatic heterocycles. The SMILES string of the molecule is Cc1cccnc1CC(=O)N1CCC(C(=O)O)C1. The monoisotopic (exact) mass is 248 g/mol. The van der Waals surface area contributed by atoms with Gasteiger partial charge in [0.15, 0.2) is 0 Å². The standard InChI is InChI=1S/C13H16N2O3/c1-9-3-2-5-14-11(9)7-12(16)15-6-4-10(8-15)13(17)18/h2-3,5,10H,4,6-8H2,1H3,(H,17,18). The second-order valence-corrected chi connectivity index (χ2v) is 4.61. The zero-order chi connectivity index (χ0) is 13.1. The third kappa shape index (κ3) is 2.67. The zero-order valence-electron chi connectivity index (χ0n) is 10.3. The van der Waals surface area contributed by atoms with Gasteiger partial charge in [0.2, 0.25) is 5.91 Å². The molecule has 5 heteroatoms. The minimum Gasteiger partial charge on any atom is -0.481 e. The molecule has 18 heavy (non-hydrogen) atoms. The Morgan fingerprint density at radius 1 is 1.56 bits per heavy atom. The molecular weight excluding hydrogens is 232 g/mol. The highest BCUT2D eigenvalue weighted by atomic mass is 16.4. The molecule has 1 saturated heterocycles. The molecular formula is C13H16N2O3. The second-order valence-electron chi connectivity index (χ2n) is 4.61. The van der Waals surface area contributed by atoms with E-state index in [1.165, 1.54) is 0 Å². The number of hydrogen-bond donors (Lipinski definition) is 1. The van der Waals surface area contributed by atoms with Crippen molar-refractivity contribution < 1.29 is 14.7 Å². The summed E-state index contributed by atoms with van der Waals surface area (Å²) in [5.41, 5.74) is 1.75. The Kier molecular flexibility index (Phi) is 3.60. The van der Waals surface area contributed by atoms with Gasteiger partial charge in [-0.3, -0.25) is 14.6 Å². The van der Waals surface area contributed by atoms with E-state index in [0.29, 0.717) is 19.5 Å². The number of aryl methyl sites for hydroxylation is 1. The summed E-state index contributed by atoms with van der Waals surface area (Å²) in [5.74, 6) is -1.28. The molecule has 0 aliphatic carbocycles. The van der Waals surface area contributed by atoms with Crippen LogP contribution in [0.15, 0.2) is 18.3 Å². The molecule has 0 radical (unpaired) electrons. The molecule has 0 bridgehead atoms. The minimum absolute atomic E-state index is 0.0412. The number of carboxylic acids is 1. The van der Waals surface area contributed by atoms with Gasteiger partial charge in [0.25, 0.3) is 0 Å². The smallest absolute Gasteiger partial charge is 0.308 e. The summed E-state index contributed by atoms with van der Waals surface area (Å²) in [4.78, 5) is 28.7. The molecule has 1 amide bonds. The van der Waals surface area contributed by atoms with E-state index in [1.807, 2.05) is 19.1 Å². The van der Waals surface area contributed by atoms with Crippen molar-refractivity contribution in [3.63, 3.8) is 0 Å². The van der Waals surface area contributed by atoms with E-state index in [-0.39, 0.29) is 12.3 Å². The fraction of sp³-hybridized carbons (Fsp3) is 0.462. The highest BCUT2D eigenvalue weighted by molar-refractivity contribution is 5.80. The quantitative estimate of drug-likeness (QED) is 0.861. The van der Waals surface area contributed by atoms with E-state index in [9.17, 15) is 9.59 Å². The van der Waals surface area contributed by atoms with E-state index in [4.69, 9.17) is 5.11 Å². The average molecular weight is 248 g/mol. The molecule has 1 unspecified atom stereocenters. The van der Waals surface area contributed by atoms with Crippen LogP contribution in [0.2, 0.25) is 0 Å². The molecule has 1 fully saturated rings. The molecule has 0 spiro atoms. The number of amides is 1. The van der Waals surface area contributed by atoms with Crippen LogP contribution in [0.3, 0.4) is 0 Å². The van der Waals surface area contributed by atoms with Crippen molar-refractivity contribution in [3.05, 3.63) is 29.6 Å². The molecule has 1 aliphatic rings. The van der Waals surface area contributed by atoms with Gasteiger partial charge in [0, 0.05) is 19.3 Å².